The maximum absolute atomic E-state index is 14.3. The molecule has 3 N–H and O–H groups in total. The molecule has 1 aliphatic heterocycles. The standard InChI is InChI=1S/C30H33FN4O6/c1-4-40-27(41-5-2)19-35-25-12-7-6-11-24(25)30(28(35)37,18-26(36)32-21-15-13-20(31)14-16-21)34-29(38)33-22-9-8-10-23(17-22)39-3/h6-17,27H,4-5,18-19H2,1-3H3,(H,32,36)(H2,33,34,38). The van der Waals surface area contributed by atoms with Crippen LogP contribution in [0.3, 0.4) is 0 Å². The lowest BCUT2D eigenvalue weighted by molar-refractivity contribution is -0.138. The van der Waals surface area contributed by atoms with Crippen molar-refractivity contribution >= 4 is 34.9 Å². The van der Waals surface area contributed by atoms with Crippen LogP contribution in [0.25, 0.3) is 0 Å². The second-order valence-corrected chi connectivity index (χ2v) is 9.22. The molecule has 11 heteroatoms. The Labute approximate surface area is 237 Å². The molecule has 0 radical (unpaired) electrons. The molecule has 4 rings (SSSR count). The van der Waals surface area contributed by atoms with Crippen molar-refractivity contribution in [2.75, 3.05) is 42.4 Å². The van der Waals surface area contributed by atoms with Crippen LogP contribution < -0.4 is 25.6 Å². The van der Waals surface area contributed by atoms with Gasteiger partial charge in [0.2, 0.25) is 5.91 Å². The molecule has 1 unspecified atom stereocenters. The van der Waals surface area contributed by atoms with E-state index in [1.54, 1.807) is 48.5 Å². The fraction of sp³-hybridized carbons (Fsp3) is 0.300. The van der Waals surface area contributed by atoms with Gasteiger partial charge in [0.1, 0.15) is 11.6 Å². The predicted octanol–water partition coefficient (Wildman–Crippen LogP) is 4.63. The monoisotopic (exact) mass is 564 g/mol. The van der Waals surface area contributed by atoms with E-state index in [1.807, 2.05) is 13.8 Å². The minimum Gasteiger partial charge on any atom is -0.497 e. The van der Waals surface area contributed by atoms with E-state index < -0.39 is 41.9 Å². The zero-order chi connectivity index (χ0) is 29.4. The van der Waals surface area contributed by atoms with Crippen molar-refractivity contribution in [2.24, 2.45) is 0 Å². The van der Waals surface area contributed by atoms with Gasteiger partial charge in [-0.25, -0.2) is 9.18 Å². The van der Waals surface area contributed by atoms with E-state index >= 15 is 0 Å². The predicted molar refractivity (Wildman–Crippen MR) is 152 cm³/mol. The van der Waals surface area contributed by atoms with Crippen molar-refractivity contribution in [3.8, 4) is 5.75 Å². The first kappa shape index (κ1) is 29.5. The van der Waals surface area contributed by atoms with E-state index in [1.165, 1.54) is 36.3 Å². The van der Waals surface area contributed by atoms with Gasteiger partial charge in [-0.15, -0.1) is 0 Å². The van der Waals surface area contributed by atoms with Gasteiger partial charge in [-0.3, -0.25) is 9.59 Å². The Morgan fingerprint density at radius 2 is 1.63 bits per heavy atom. The number of nitrogens with one attached hydrogen (secondary N) is 3. The molecular weight excluding hydrogens is 531 g/mol. The average molecular weight is 565 g/mol. The Morgan fingerprint density at radius 1 is 0.927 bits per heavy atom. The van der Waals surface area contributed by atoms with Crippen LogP contribution in [0.1, 0.15) is 25.8 Å². The maximum atomic E-state index is 14.3. The quantitative estimate of drug-likeness (QED) is 0.276. The third-order valence-electron chi connectivity index (χ3n) is 6.51. The summed E-state index contributed by atoms with van der Waals surface area (Å²) >= 11 is 0. The summed E-state index contributed by atoms with van der Waals surface area (Å²) in [4.78, 5) is 42.5. The first-order chi connectivity index (χ1) is 19.8. The minimum atomic E-state index is -1.77. The van der Waals surface area contributed by atoms with E-state index in [-0.39, 0.29) is 6.54 Å². The second kappa shape index (κ2) is 13.2. The number of carbonyl (C=O) groups is 3. The Kier molecular flexibility index (Phi) is 9.53. The molecule has 1 aliphatic rings. The highest BCUT2D eigenvalue weighted by Crippen LogP contribution is 2.43. The number of nitrogens with zero attached hydrogens (tertiary/aromatic N) is 1. The van der Waals surface area contributed by atoms with Crippen LogP contribution in [0.2, 0.25) is 0 Å². The third kappa shape index (κ3) is 6.82. The van der Waals surface area contributed by atoms with Crippen LogP contribution in [0.4, 0.5) is 26.2 Å². The summed E-state index contributed by atoms with van der Waals surface area (Å²) in [5.74, 6) is -1.01. The van der Waals surface area contributed by atoms with Crippen molar-refractivity contribution in [3.05, 3.63) is 84.2 Å². The van der Waals surface area contributed by atoms with Gasteiger partial charge in [0.25, 0.3) is 5.91 Å². The normalized spacial score (nSPS) is 15.9. The highest BCUT2D eigenvalue weighted by atomic mass is 19.1. The van der Waals surface area contributed by atoms with Crippen molar-refractivity contribution in [2.45, 2.75) is 32.1 Å². The number of fused-ring (bicyclic) bond motifs is 1. The molecule has 216 valence electrons. The number of carbonyl (C=O) groups excluding carboxylic acids is 3. The number of ether oxygens (including phenoxy) is 3. The molecule has 3 aromatic rings. The number of para-hydroxylation sites is 1. The Bertz CT molecular complexity index is 1380. The molecule has 0 bridgehead atoms. The lowest BCUT2D eigenvalue weighted by Gasteiger charge is -2.30. The summed E-state index contributed by atoms with van der Waals surface area (Å²) in [6.45, 7) is 4.40. The van der Waals surface area contributed by atoms with Crippen LogP contribution in [0, 0.1) is 5.82 Å². The van der Waals surface area contributed by atoms with E-state index in [0.717, 1.165) is 0 Å². The van der Waals surface area contributed by atoms with Gasteiger partial charge in [-0.05, 0) is 56.3 Å². The van der Waals surface area contributed by atoms with Gasteiger partial charge in [-0.2, -0.15) is 0 Å². The first-order valence-corrected chi connectivity index (χ1v) is 13.2. The largest absolute Gasteiger partial charge is 0.497 e. The highest BCUT2D eigenvalue weighted by Gasteiger charge is 2.53. The summed E-state index contributed by atoms with van der Waals surface area (Å²) in [6.07, 6.45) is -1.16. The summed E-state index contributed by atoms with van der Waals surface area (Å²) in [5, 5.41) is 8.21. The lowest BCUT2D eigenvalue weighted by Crippen LogP contribution is -2.56. The van der Waals surface area contributed by atoms with Crippen LogP contribution in [0.5, 0.6) is 5.75 Å². The molecule has 0 saturated carbocycles. The number of anilines is 3. The van der Waals surface area contributed by atoms with E-state index in [0.29, 0.717) is 41.6 Å². The molecule has 10 nitrogen and oxygen atoms in total. The summed E-state index contributed by atoms with van der Waals surface area (Å²) in [7, 11) is 1.51. The second-order valence-electron chi connectivity index (χ2n) is 9.22. The summed E-state index contributed by atoms with van der Waals surface area (Å²) in [5.41, 5.74) is -0.0519. The van der Waals surface area contributed by atoms with Crippen LogP contribution >= 0.6 is 0 Å². The Morgan fingerprint density at radius 3 is 2.32 bits per heavy atom. The average Bonchev–Trinajstić information content (AvgIpc) is 3.17. The van der Waals surface area contributed by atoms with Gasteiger partial charge >= 0.3 is 6.03 Å². The zero-order valence-electron chi connectivity index (χ0n) is 23.1. The first-order valence-electron chi connectivity index (χ1n) is 13.2. The Hall–Kier alpha value is -4.48. The van der Waals surface area contributed by atoms with Crippen LogP contribution in [0.15, 0.2) is 72.8 Å². The molecule has 0 spiro atoms. The van der Waals surface area contributed by atoms with Gasteiger partial charge in [0, 0.05) is 36.2 Å². The molecule has 1 atom stereocenters. The van der Waals surface area contributed by atoms with Gasteiger partial charge in [0.05, 0.1) is 25.8 Å². The molecule has 0 aliphatic carbocycles. The molecule has 0 saturated heterocycles. The molecule has 3 aromatic carbocycles. The Balaban J connectivity index is 1.69. The third-order valence-corrected chi connectivity index (χ3v) is 6.51. The molecule has 0 aromatic heterocycles. The highest BCUT2D eigenvalue weighted by molar-refractivity contribution is 6.12. The molecular formula is C30H33FN4O6. The van der Waals surface area contributed by atoms with E-state index in [2.05, 4.69) is 16.0 Å². The smallest absolute Gasteiger partial charge is 0.320 e. The molecule has 1 heterocycles. The topological polar surface area (TPSA) is 118 Å². The zero-order valence-corrected chi connectivity index (χ0v) is 23.1. The fourth-order valence-corrected chi connectivity index (χ4v) is 4.75. The molecule has 41 heavy (non-hydrogen) atoms. The van der Waals surface area contributed by atoms with E-state index in [9.17, 15) is 18.8 Å². The number of benzene rings is 3. The number of urea groups is 1. The van der Waals surface area contributed by atoms with Crippen molar-refractivity contribution < 1.29 is 33.0 Å². The number of amides is 4. The summed E-state index contributed by atoms with van der Waals surface area (Å²) < 4.78 is 30.0. The van der Waals surface area contributed by atoms with Crippen LogP contribution in [-0.2, 0) is 24.6 Å². The number of rotatable bonds is 12. The SMILES string of the molecule is CCOC(CN1C(=O)C(CC(=O)Nc2ccc(F)cc2)(NC(=O)Nc2cccc(OC)c2)c2ccccc21)OCC. The van der Waals surface area contributed by atoms with Gasteiger partial charge in [-0.1, -0.05) is 24.3 Å². The number of hydrogen-bond donors (Lipinski definition) is 3. The molecule has 4 amide bonds. The van der Waals surface area contributed by atoms with Crippen molar-refractivity contribution in [3.63, 3.8) is 0 Å². The van der Waals surface area contributed by atoms with Crippen LogP contribution in [-0.4, -0.2) is 51.0 Å². The number of methoxy groups -OCH3 is 1. The number of hydrogen-bond acceptors (Lipinski definition) is 6. The number of halogens is 1. The van der Waals surface area contributed by atoms with Crippen molar-refractivity contribution in [1.82, 2.24) is 5.32 Å². The fourth-order valence-electron chi connectivity index (χ4n) is 4.75. The van der Waals surface area contributed by atoms with Crippen molar-refractivity contribution in [1.29, 1.82) is 0 Å². The summed E-state index contributed by atoms with van der Waals surface area (Å²) in [6, 6.07) is 18.2. The van der Waals surface area contributed by atoms with Gasteiger partial charge in [0.15, 0.2) is 11.8 Å². The van der Waals surface area contributed by atoms with E-state index in [4.69, 9.17) is 14.2 Å². The molecule has 0 fully saturated rings. The maximum Gasteiger partial charge on any atom is 0.320 e. The lowest BCUT2D eigenvalue weighted by atomic mass is 9.87. The minimum absolute atomic E-state index is 0.0397. The van der Waals surface area contributed by atoms with Gasteiger partial charge < -0.3 is 35.1 Å².